The lowest BCUT2D eigenvalue weighted by molar-refractivity contribution is -0.121. The van der Waals surface area contributed by atoms with Gasteiger partial charge in [-0.3, -0.25) is 9.59 Å². The van der Waals surface area contributed by atoms with Gasteiger partial charge in [-0.25, -0.2) is 0 Å². The first-order chi connectivity index (χ1) is 26.4. The van der Waals surface area contributed by atoms with Crippen molar-refractivity contribution in [2.24, 2.45) is 0 Å². The summed E-state index contributed by atoms with van der Waals surface area (Å²) in [6.07, 6.45) is 6.96. The second-order valence-electron chi connectivity index (χ2n) is 14.5. The van der Waals surface area contributed by atoms with Crippen molar-refractivity contribution in [1.82, 2.24) is 9.80 Å². The Labute approximate surface area is 356 Å². The number of hydrogen-bond acceptors (Lipinski definition) is 8. The van der Waals surface area contributed by atoms with Gasteiger partial charge in [0.05, 0.1) is 24.3 Å². The van der Waals surface area contributed by atoms with Gasteiger partial charge in [-0.05, 0) is 85.7 Å². The van der Waals surface area contributed by atoms with Gasteiger partial charge in [0.15, 0.2) is 0 Å². The lowest BCUT2D eigenvalue weighted by Crippen LogP contribution is -2.60. The fourth-order valence-corrected chi connectivity index (χ4v) is 9.47. The van der Waals surface area contributed by atoms with Crippen molar-refractivity contribution in [3.8, 4) is 0 Å². The molecule has 0 unspecified atom stereocenters. The Morgan fingerprint density at radius 3 is 1.23 bits per heavy atom. The van der Waals surface area contributed by atoms with Crippen molar-refractivity contribution in [1.29, 1.82) is 0 Å². The zero-order chi connectivity index (χ0) is 38.2. The van der Waals surface area contributed by atoms with Gasteiger partial charge in [-0.1, -0.05) is 62.4 Å². The summed E-state index contributed by atoms with van der Waals surface area (Å²) >= 11 is 3.66. The highest BCUT2D eigenvalue weighted by molar-refractivity contribution is 7.10. The first-order valence-corrected chi connectivity index (χ1v) is 21.4. The fraction of sp³-hybridized carbons (Fsp3) is 0.500. The number of benzene rings is 2. The van der Waals surface area contributed by atoms with Crippen molar-refractivity contribution in [2.45, 2.75) is 76.3 Å². The third kappa shape index (κ3) is 12.6. The number of likely N-dealkylation sites (tertiary alicyclic amines) is 2. The molecule has 12 heteroatoms. The van der Waals surface area contributed by atoms with E-state index in [1.54, 1.807) is 14.2 Å². The van der Waals surface area contributed by atoms with Gasteiger partial charge in [0.25, 0.3) is 0 Å². The Kier molecular flexibility index (Phi) is 20.6. The molecule has 0 saturated carbocycles. The van der Waals surface area contributed by atoms with E-state index in [1.807, 2.05) is 107 Å². The zero-order valence-electron chi connectivity index (χ0n) is 33.6. The Morgan fingerprint density at radius 1 is 0.589 bits per heavy atom. The Hall–Kier alpha value is -2.80. The summed E-state index contributed by atoms with van der Waals surface area (Å²) in [6.45, 7) is 11.2. The normalized spacial score (nSPS) is 16.4. The second kappa shape index (κ2) is 24.2. The number of anilines is 2. The van der Waals surface area contributed by atoms with E-state index in [9.17, 15) is 9.59 Å². The molecule has 2 aromatic carbocycles. The number of thiophene rings is 2. The molecule has 2 amide bonds. The molecular formula is C44H62Cl2N4O4S2. The average Bonchev–Trinajstić information content (AvgIpc) is 3.94. The quantitative estimate of drug-likeness (QED) is 0.112. The van der Waals surface area contributed by atoms with Crippen LogP contribution in [0.5, 0.6) is 0 Å². The summed E-state index contributed by atoms with van der Waals surface area (Å²) in [5, 5.41) is 4.28. The Balaban J connectivity index is 0.000000290. The monoisotopic (exact) mass is 844 g/mol. The number of para-hydroxylation sites is 2. The number of hydrogen-bond donors (Lipinski definition) is 0. The van der Waals surface area contributed by atoms with Gasteiger partial charge in [0.2, 0.25) is 11.8 Å². The van der Waals surface area contributed by atoms with Crippen LogP contribution in [0, 0.1) is 0 Å². The number of carbonyl (C=O) groups is 2. The highest BCUT2D eigenvalue weighted by atomic mass is 35.5. The van der Waals surface area contributed by atoms with Crippen molar-refractivity contribution >= 4 is 70.7 Å². The molecular weight excluding hydrogens is 784 g/mol. The zero-order valence-corrected chi connectivity index (χ0v) is 36.9. The molecule has 4 heterocycles. The van der Waals surface area contributed by atoms with E-state index in [0.717, 1.165) is 89.2 Å². The molecule has 2 aliphatic rings. The highest BCUT2D eigenvalue weighted by Gasteiger charge is 2.44. The lowest BCUT2D eigenvalue weighted by atomic mass is 9.85. The van der Waals surface area contributed by atoms with E-state index in [4.69, 9.17) is 9.47 Å². The topological polar surface area (TPSA) is 65.6 Å². The average molecular weight is 846 g/mol. The fourth-order valence-electron chi connectivity index (χ4n) is 8.07. The molecule has 8 nitrogen and oxygen atoms in total. The molecule has 2 fully saturated rings. The maximum Gasteiger partial charge on any atom is 0.227 e. The molecule has 0 radical (unpaired) electrons. The van der Waals surface area contributed by atoms with Crippen molar-refractivity contribution in [3.63, 3.8) is 0 Å². The number of carbonyl (C=O) groups excluding carboxylic acids is 2. The summed E-state index contributed by atoms with van der Waals surface area (Å²) < 4.78 is 11.3. The van der Waals surface area contributed by atoms with Gasteiger partial charge >= 0.3 is 0 Å². The molecule has 2 aliphatic heterocycles. The van der Waals surface area contributed by atoms with Crippen LogP contribution >= 0.6 is 47.5 Å². The summed E-state index contributed by atoms with van der Waals surface area (Å²) in [4.78, 5) is 37.8. The van der Waals surface area contributed by atoms with Crippen LogP contribution in [0.2, 0.25) is 0 Å². The minimum atomic E-state index is -0.261. The van der Waals surface area contributed by atoms with E-state index in [-0.39, 0.29) is 47.7 Å². The van der Waals surface area contributed by atoms with Crippen LogP contribution in [-0.4, -0.2) is 99.4 Å². The molecule has 2 saturated heterocycles. The molecule has 2 aromatic heterocycles. The van der Waals surface area contributed by atoms with Gasteiger partial charge in [-0.2, -0.15) is 0 Å². The van der Waals surface area contributed by atoms with Crippen LogP contribution in [0.15, 0.2) is 95.7 Å². The molecule has 56 heavy (non-hydrogen) atoms. The smallest absolute Gasteiger partial charge is 0.227 e. The third-order valence-electron chi connectivity index (χ3n) is 11.0. The minimum absolute atomic E-state index is 0. The molecule has 4 aromatic rings. The van der Waals surface area contributed by atoms with Crippen LogP contribution in [-0.2, 0) is 31.9 Å². The molecule has 0 atom stereocenters. The van der Waals surface area contributed by atoms with E-state index >= 15 is 0 Å². The molecule has 0 N–H and O–H groups in total. The first kappa shape index (κ1) is 47.6. The van der Waals surface area contributed by atoms with Crippen LogP contribution < -0.4 is 9.80 Å². The predicted molar refractivity (Wildman–Crippen MR) is 240 cm³/mol. The van der Waals surface area contributed by atoms with Crippen LogP contribution in [0.1, 0.15) is 62.1 Å². The number of rotatable bonds is 16. The Morgan fingerprint density at radius 2 is 0.946 bits per heavy atom. The van der Waals surface area contributed by atoms with E-state index < -0.39 is 0 Å². The number of ether oxygens (including phenoxy) is 2. The van der Waals surface area contributed by atoms with Crippen molar-refractivity contribution in [3.05, 3.63) is 105 Å². The van der Waals surface area contributed by atoms with Gasteiger partial charge in [-0.15, -0.1) is 47.5 Å². The third-order valence-corrected chi connectivity index (χ3v) is 12.9. The minimum Gasteiger partial charge on any atom is -0.382 e. The molecule has 0 spiro atoms. The summed E-state index contributed by atoms with van der Waals surface area (Å²) in [7, 11) is 3.48. The molecule has 0 bridgehead atoms. The maximum atomic E-state index is 12.9. The predicted octanol–water partition coefficient (Wildman–Crippen LogP) is 9.27. The number of amides is 2. The largest absolute Gasteiger partial charge is 0.382 e. The standard InChI is InChI=1S/2C22H30N2O2S.2ClH/c2*1-3-21(25)24(19-8-5-4-6-9-19)22(18-26-2)12-15-23(16-13-22)14-11-20-10-7-17-27-20;;/h2*4-10,17H,3,11-16,18H2,1-2H3;2*1H. The lowest BCUT2D eigenvalue weighted by Gasteiger charge is -2.48. The summed E-state index contributed by atoms with van der Waals surface area (Å²) in [6, 6.07) is 28.8. The molecule has 0 aliphatic carbocycles. The number of nitrogens with zero attached hydrogens (tertiary/aromatic N) is 4. The van der Waals surface area contributed by atoms with Crippen molar-refractivity contribution in [2.75, 3.05) is 76.5 Å². The van der Waals surface area contributed by atoms with Crippen LogP contribution in [0.3, 0.4) is 0 Å². The highest BCUT2D eigenvalue weighted by Crippen LogP contribution is 2.36. The van der Waals surface area contributed by atoms with Crippen LogP contribution in [0.25, 0.3) is 0 Å². The van der Waals surface area contributed by atoms with E-state index in [0.29, 0.717) is 26.1 Å². The van der Waals surface area contributed by atoms with E-state index in [2.05, 4.69) is 44.8 Å². The first-order valence-electron chi connectivity index (χ1n) is 19.6. The summed E-state index contributed by atoms with van der Waals surface area (Å²) in [5.74, 6) is 0.343. The SMILES string of the molecule is CCC(=O)N(c1ccccc1)C1(COC)CCN(CCc2cccs2)CC1.CCC(=O)N(c1ccccc1)C1(COC)CCN(CCc2cccs2)CC1.Cl.Cl. The second-order valence-corrected chi connectivity index (χ2v) is 16.6. The van der Waals surface area contributed by atoms with Gasteiger partial charge in [0.1, 0.15) is 0 Å². The number of methoxy groups -OCH3 is 2. The van der Waals surface area contributed by atoms with Gasteiger partial charge in [0, 0.05) is 87.5 Å². The van der Waals surface area contributed by atoms with Gasteiger partial charge < -0.3 is 29.1 Å². The summed E-state index contributed by atoms with van der Waals surface area (Å²) in [5.41, 5.74) is 1.44. The molecule has 308 valence electrons. The maximum absolute atomic E-state index is 12.9. The number of piperidine rings is 2. The van der Waals surface area contributed by atoms with E-state index in [1.165, 1.54) is 9.75 Å². The molecule has 6 rings (SSSR count). The van der Waals surface area contributed by atoms with Crippen molar-refractivity contribution < 1.29 is 19.1 Å². The number of halogens is 2. The Bertz CT molecular complexity index is 1520. The van der Waals surface area contributed by atoms with Crippen LogP contribution in [0.4, 0.5) is 11.4 Å².